The van der Waals surface area contributed by atoms with E-state index >= 15 is 0 Å². The van der Waals surface area contributed by atoms with Crippen LogP contribution < -0.4 is 0 Å². The molecule has 0 spiro atoms. The van der Waals surface area contributed by atoms with Crippen molar-refractivity contribution >= 4 is 5.78 Å². The summed E-state index contributed by atoms with van der Waals surface area (Å²) in [6.45, 7) is 3.94. The van der Waals surface area contributed by atoms with Gasteiger partial charge in [-0.25, -0.2) is 4.39 Å². The Morgan fingerprint density at radius 3 is 2.42 bits per heavy atom. The van der Waals surface area contributed by atoms with E-state index < -0.39 is 0 Å². The topological polar surface area (TPSA) is 17.1 Å². The molecule has 0 fully saturated rings. The summed E-state index contributed by atoms with van der Waals surface area (Å²) in [5, 5.41) is 0. The predicted molar refractivity (Wildman–Crippen MR) is 75.0 cm³/mol. The number of benzene rings is 2. The number of hydrogen-bond acceptors (Lipinski definition) is 1. The maximum absolute atomic E-state index is 13.2. The Bertz CT molecular complexity index is 585. The highest BCUT2D eigenvalue weighted by Crippen LogP contribution is 2.16. The molecular weight excluding hydrogens is 239 g/mol. The Balaban J connectivity index is 2.30. The fourth-order valence-electron chi connectivity index (χ4n) is 2.11. The third-order valence-corrected chi connectivity index (χ3v) is 3.20. The molecule has 0 aliphatic heterocycles. The smallest absolute Gasteiger partial charge is 0.193 e. The largest absolute Gasteiger partial charge is 0.289 e. The van der Waals surface area contributed by atoms with Crippen LogP contribution in [0.3, 0.4) is 0 Å². The average Bonchev–Trinajstić information content (AvgIpc) is 2.42. The lowest BCUT2D eigenvalue weighted by Gasteiger charge is -2.06. The molecule has 98 valence electrons. The van der Waals surface area contributed by atoms with Crippen molar-refractivity contribution in [3.8, 4) is 0 Å². The van der Waals surface area contributed by atoms with E-state index in [4.69, 9.17) is 0 Å². The van der Waals surface area contributed by atoms with Gasteiger partial charge < -0.3 is 0 Å². The number of rotatable bonds is 4. The molecule has 0 amide bonds. The van der Waals surface area contributed by atoms with Crippen LogP contribution in [0.4, 0.5) is 4.39 Å². The van der Waals surface area contributed by atoms with Gasteiger partial charge in [0.25, 0.3) is 0 Å². The predicted octanol–water partition coefficient (Wildman–Crippen LogP) is 4.32. The Hall–Kier alpha value is -1.96. The molecule has 0 bridgehead atoms. The normalized spacial score (nSPS) is 10.5. The first kappa shape index (κ1) is 13.5. The molecule has 0 heterocycles. The van der Waals surface area contributed by atoms with Crippen molar-refractivity contribution in [3.05, 3.63) is 70.5 Å². The molecule has 2 aromatic carbocycles. The highest BCUT2D eigenvalue weighted by Gasteiger charge is 2.12. The lowest BCUT2D eigenvalue weighted by atomic mass is 9.97. The summed E-state index contributed by atoms with van der Waals surface area (Å²) in [6, 6.07) is 11.9. The number of halogens is 1. The van der Waals surface area contributed by atoms with Gasteiger partial charge in [-0.05, 0) is 36.6 Å². The van der Waals surface area contributed by atoms with E-state index in [0.717, 1.165) is 18.4 Å². The maximum atomic E-state index is 13.2. The highest BCUT2D eigenvalue weighted by molar-refractivity contribution is 6.09. The minimum absolute atomic E-state index is 0.125. The van der Waals surface area contributed by atoms with Crippen LogP contribution in [0.2, 0.25) is 0 Å². The second-order valence-electron chi connectivity index (χ2n) is 4.74. The second-order valence-corrected chi connectivity index (χ2v) is 4.74. The van der Waals surface area contributed by atoms with Gasteiger partial charge in [-0.2, -0.15) is 0 Å². The molecule has 2 rings (SSSR count). The standard InChI is InChI=1S/C17H17FO/c1-3-4-13-6-8-14(9-7-13)17(19)16-11-15(18)10-5-12(16)2/h5-11H,3-4H2,1-2H3. The van der Waals surface area contributed by atoms with Gasteiger partial charge in [0.15, 0.2) is 5.78 Å². The molecule has 1 nitrogen and oxygen atoms in total. The molecule has 19 heavy (non-hydrogen) atoms. The van der Waals surface area contributed by atoms with Crippen molar-refractivity contribution in [3.63, 3.8) is 0 Å². The van der Waals surface area contributed by atoms with Gasteiger partial charge in [0, 0.05) is 11.1 Å². The number of hydrogen-bond donors (Lipinski definition) is 0. The molecule has 0 saturated carbocycles. The van der Waals surface area contributed by atoms with Crippen LogP contribution in [0, 0.1) is 12.7 Å². The first-order valence-electron chi connectivity index (χ1n) is 6.51. The third-order valence-electron chi connectivity index (χ3n) is 3.20. The first-order valence-corrected chi connectivity index (χ1v) is 6.51. The Morgan fingerprint density at radius 1 is 1.11 bits per heavy atom. The summed E-state index contributed by atoms with van der Waals surface area (Å²) in [5.74, 6) is -0.503. The van der Waals surface area contributed by atoms with E-state index in [-0.39, 0.29) is 11.6 Å². The molecule has 0 aromatic heterocycles. The van der Waals surface area contributed by atoms with Gasteiger partial charge in [0.1, 0.15) is 5.82 Å². The van der Waals surface area contributed by atoms with Crippen LogP contribution in [0.1, 0.15) is 40.4 Å². The van der Waals surface area contributed by atoms with Gasteiger partial charge in [0.2, 0.25) is 0 Å². The molecule has 0 N–H and O–H groups in total. The van der Waals surface area contributed by atoms with E-state index in [1.165, 1.54) is 17.7 Å². The van der Waals surface area contributed by atoms with Crippen molar-refractivity contribution in [2.45, 2.75) is 26.7 Å². The van der Waals surface area contributed by atoms with Gasteiger partial charge in [-0.1, -0.05) is 43.7 Å². The van der Waals surface area contributed by atoms with Crippen LogP contribution in [0.5, 0.6) is 0 Å². The van der Waals surface area contributed by atoms with Gasteiger partial charge >= 0.3 is 0 Å². The van der Waals surface area contributed by atoms with E-state index in [2.05, 4.69) is 6.92 Å². The minimum atomic E-state index is -0.378. The van der Waals surface area contributed by atoms with Crippen molar-refractivity contribution in [2.75, 3.05) is 0 Å². The molecule has 2 heteroatoms. The molecule has 0 unspecified atom stereocenters. The van der Waals surface area contributed by atoms with Crippen LogP contribution >= 0.6 is 0 Å². The summed E-state index contributed by atoms with van der Waals surface area (Å²) in [5.41, 5.74) is 3.05. The maximum Gasteiger partial charge on any atom is 0.193 e. The van der Waals surface area contributed by atoms with E-state index in [0.29, 0.717) is 11.1 Å². The number of carbonyl (C=O) groups is 1. The molecule has 2 aromatic rings. The lowest BCUT2D eigenvalue weighted by Crippen LogP contribution is -2.04. The average molecular weight is 256 g/mol. The minimum Gasteiger partial charge on any atom is -0.289 e. The lowest BCUT2D eigenvalue weighted by molar-refractivity contribution is 0.103. The molecule has 0 atom stereocenters. The third kappa shape index (κ3) is 3.08. The molecule has 0 aliphatic rings. The first-order chi connectivity index (χ1) is 9.11. The van der Waals surface area contributed by atoms with Gasteiger partial charge in [-0.3, -0.25) is 4.79 Å². The molecule has 0 radical (unpaired) electrons. The van der Waals surface area contributed by atoms with Crippen molar-refractivity contribution in [1.82, 2.24) is 0 Å². The zero-order chi connectivity index (χ0) is 13.8. The Morgan fingerprint density at radius 2 is 1.79 bits per heavy atom. The van der Waals surface area contributed by atoms with Crippen LogP contribution in [0.25, 0.3) is 0 Å². The summed E-state index contributed by atoms with van der Waals surface area (Å²) in [6.07, 6.45) is 2.09. The zero-order valence-electron chi connectivity index (χ0n) is 11.2. The quantitative estimate of drug-likeness (QED) is 0.745. The summed E-state index contributed by atoms with van der Waals surface area (Å²) in [7, 11) is 0. The summed E-state index contributed by atoms with van der Waals surface area (Å²) in [4.78, 5) is 12.3. The van der Waals surface area contributed by atoms with Gasteiger partial charge in [0.05, 0.1) is 0 Å². The Kier molecular flexibility index (Phi) is 4.10. The number of carbonyl (C=O) groups excluding carboxylic acids is 1. The SMILES string of the molecule is CCCc1ccc(C(=O)c2cc(F)ccc2C)cc1. The van der Waals surface area contributed by atoms with Crippen LogP contribution in [0.15, 0.2) is 42.5 Å². The monoisotopic (exact) mass is 256 g/mol. The molecular formula is C17H17FO. The fourth-order valence-corrected chi connectivity index (χ4v) is 2.11. The molecule has 0 saturated heterocycles. The van der Waals surface area contributed by atoms with Crippen LogP contribution in [-0.4, -0.2) is 5.78 Å². The fraction of sp³-hybridized carbons (Fsp3) is 0.235. The Labute approximate surface area is 113 Å². The zero-order valence-corrected chi connectivity index (χ0v) is 11.2. The second kappa shape index (κ2) is 5.79. The highest BCUT2D eigenvalue weighted by atomic mass is 19.1. The summed E-state index contributed by atoms with van der Waals surface area (Å²) >= 11 is 0. The van der Waals surface area contributed by atoms with Gasteiger partial charge in [-0.15, -0.1) is 0 Å². The van der Waals surface area contributed by atoms with E-state index in [9.17, 15) is 9.18 Å². The van der Waals surface area contributed by atoms with E-state index in [1.54, 1.807) is 6.07 Å². The molecule has 0 aliphatic carbocycles. The van der Waals surface area contributed by atoms with Crippen molar-refractivity contribution in [2.24, 2.45) is 0 Å². The number of aryl methyl sites for hydroxylation is 2. The van der Waals surface area contributed by atoms with Crippen molar-refractivity contribution < 1.29 is 9.18 Å². The van der Waals surface area contributed by atoms with Crippen LogP contribution in [-0.2, 0) is 6.42 Å². The number of ketones is 1. The van der Waals surface area contributed by atoms with E-state index in [1.807, 2.05) is 31.2 Å². The van der Waals surface area contributed by atoms with Crippen molar-refractivity contribution in [1.29, 1.82) is 0 Å². The summed E-state index contributed by atoms with van der Waals surface area (Å²) < 4.78 is 13.2.